The first-order valence-corrected chi connectivity index (χ1v) is 5.41. The molecule has 0 aliphatic carbocycles. The summed E-state index contributed by atoms with van der Waals surface area (Å²) in [4.78, 5) is 10.4. The van der Waals surface area contributed by atoms with E-state index < -0.39 is 5.97 Å². The number of rotatable bonds is 5. The molecule has 3 nitrogen and oxygen atoms in total. The van der Waals surface area contributed by atoms with Gasteiger partial charge in [-0.2, -0.15) is 0 Å². The van der Waals surface area contributed by atoms with Gasteiger partial charge in [-0.15, -0.1) is 0 Å². The molecule has 0 heterocycles. The van der Waals surface area contributed by atoms with Crippen LogP contribution in [0, 0.1) is 13.8 Å². The van der Waals surface area contributed by atoms with Crippen LogP contribution >= 0.6 is 0 Å². The molecule has 1 N–H and O–H groups in total. The van der Waals surface area contributed by atoms with Gasteiger partial charge in [0.15, 0.2) is 0 Å². The average molecular weight is 222 g/mol. The highest BCUT2D eigenvalue weighted by Gasteiger charge is 2.07. The maximum atomic E-state index is 10.4. The third-order valence-electron chi connectivity index (χ3n) is 2.91. The maximum absolute atomic E-state index is 10.4. The topological polar surface area (TPSA) is 46.5 Å². The molecule has 1 aromatic carbocycles. The Labute approximate surface area is 96.1 Å². The Morgan fingerprint density at radius 3 is 2.56 bits per heavy atom. The first-order valence-electron chi connectivity index (χ1n) is 5.41. The molecule has 0 aliphatic rings. The van der Waals surface area contributed by atoms with Crippen LogP contribution in [0.1, 0.15) is 29.5 Å². The summed E-state index contributed by atoms with van der Waals surface area (Å²) in [5.41, 5.74) is 3.54. The molecule has 16 heavy (non-hydrogen) atoms. The fourth-order valence-corrected chi connectivity index (χ4v) is 1.77. The summed E-state index contributed by atoms with van der Waals surface area (Å²) in [6.07, 6.45) is 1.72. The zero-order valence-corrected chi connectivity index (χ0v) is 10.0. The number of carboxylic acid groups (broad SMARTS) is 1. The van der Waals surface area contributed by atoms with Gasteiger partial charge in [0.1, 0.15) is 5.75 Å². The van der Waals surface area contributed by atoms with Crippen molar-refractivity contribution in [1.82, 2.24) is 0 Å². The molecule has 0 unspecified atom stereocenters. The van der Waals surface area contributed by atoms with Crippen molar-refractivity contribution in [2.24, 2.45) is 0 Å². The van der Waals surface area contributed by atoms with Gasteiger partial charge in [0, 0.05) is 6.42 Å². The zero-order chi connectivity index (χ0) is 12.1. The van der Waals surface area contributed by atoms with Crippen molar-refractivity contribution in [2.75, 3.05) is 7.11 Å². The smallest absolute Gasteiger partial charge is 0.303 e. The van der Waals surface area contributed by atoms with E-state index >= 15 is 0 Å². The average Bonchev–Trinajstić information content (AvgIpc) is 2.24. The number of carbonyl (C=O) groups is 1. The van der Waals surface area contributed by atoms with Crippen molar-refractivity contribution in [1.29, 1.82) is 0 Å². The normalized spacial score (nSPS) is 10.2. The van der Waals surface area contributed by atoms with Crippen LogP contribution in [0.25, 0.3) is 0 Å². The standard InChI is InChI=1S/C13H18O3/c1-9-10(2)12(16-3)8-7-11(9)5-4-6-13(14)15/h7-8H,4-6H2,1-3H3,(H,14,15). The van der Waals surface area contributed by atoms with Crippen LogP contribution in [-0.4, -0.2) is 18.2 Å². The van der Waals surface area contributed by atoms with Crippen LogP contribution in [0.2, 0.25) is 0 Å². The van der Waals surface area contributed by atoms with Gasteiger partial charge in [-0.3, -0.25) is 4.79 Å². The van der Waals surface area contributed by atoms with Gasteiger partial charge >= 0.3 is 5.97 Å². The van der Waals surface area contributed by atoms with E-state index in [1.54, 1.807) is 7.11 Å². The Morgan fingerprint density at radius 1 is 1.31 bits per heavy atom. The summed E-state index contributed by atoms with van der Waals surface area (Å²) >= 11 is 0. The van der Waals surface area contributed by atoms with Crippen molar-refractivity contribution < 1.29 is 14.6 Å². The van der Waals surface area contributed by atoms with Gasteiger partial charge < -0.3 is 9.84 Å². The minimum Gasteiger partial charge on any atom is -0.496 e. The molecule has 0 aromatic heterocycles. The molecule has 0 saturated carbocycles. The first kappa shape index (κ1) is 12.6. The summed E-state index contributed by atoms with van der Waals surface area (Å²) in [6, 6.07) is 3.96. The van der Waals surface area contributed by atoms with Crippen LogP contribution in [0.4, 0.5) is 0 Å². The lowest BCUT2D eigenvalue weighted by Gasteiger charge is -2.12. The van der Waals surface area contributed by atoms with Crippen molar-refractivity contribution in [3.8, 4) is 5.75 Å². The van der Waals surface area contributed by atoms with Crippen molar-refractivity contribution in [2.45, 2.75) is 33.1 Å². The van der Waals surface area contributed by atoms with Gasteiger partial charge in [0.05, 0.1) is 7.11 Å². The third kappa shape index (κ3) is 2.99. The molecule has 0 radical (unpaired) electrons. The third-order valence-corrected chi connectivity index (χ3v) is 2.91. The predicted octanol–water partition coefficient (Wildman–Crippen LogP) is 2.72. The number of methoxy groups -OCH3 is 1. The molecule has 0 amide bonds. The molecule has 0 fully saturated rings. The number of aliphatic carboxylic acids is 1. The Kier molecular flexibility index (Phi) is 4.35. The van der Waals surface area contributed by atoms with Crippen molar-refractivity contribution >= 4 is 5.97 Å². The number of ether oxygens (including phenoxy) is 1. The largest absolute Gasteiger partial charge is 0.496 e. The molecule has 1 rings (SSSR count). The van der Waals surface area contributed by atoms with E-state index in [-0.39, 0.29) is 6.42 Å². The Morgan fingerprint density at radius 2 is 2.00 bits per heavy atom. The molecular formula is C13H18O3. The molecule has 0 spiro atoms. The maximum Gasteiger partial charge on any atom is 0.303 e. The first-order chi connectivity index (χ1) is 7.56. The van der Waals surface area contributed by atoms with Gasteiger partial charge in [-0.05, 0) is 49.4 Å². The van der Waals surface area contributed by atoms with E-state index in [1.165, 1.54) is 11.1 Å². The molecule has 0 bridgehead atoms. The molecule has 1 aromatic rings. The van der Waals surface area contributed by atoms with Crippen molar-refractivity contribution in [3.05, 3.63) is 28.8 Å². The number of benzene rings is 1. The monoisotopic (exact) mass is 222 g/mol. The second-order valence-electron chi connectivity index (χ2n) is 3.92. The van der Waals surface area contributed by atoms with Crippen LogP contribution < -0.4 is 4.74 Å². The number of carboxylic acids is 1. The molecule has 0 saturated heterocycles. The van der Waals surface area contributed by atoms with E-state index in [0.29, 0.717) is 6.42 Å². The van der Waals surface area contributed by atoms with E-state index in [4.69, 9.17) is 9.84 Å². The molecule has 0 aliphatic heterocycles. The van der Waals surface area contributed by atoms with Crippen LogP contribution in [0.3, 0.4) is 0 Å². The highest BCUT2D eigenvalue weighted by atomic mass is 16.5. The number of hydrogen-bond acceptors (Lipinski definition) is 2. The molecule has 0 atom stereocenters. The second-order valence-corrected chi connectivity index (χ2v) is 3.92. The SMILES string of the molecule is COc1ccc(CCCC(=O)O)c(C)c1C. The molecule has 3 heteroatoms. The van der Waals surface area contributed by atoms with Crippen LogP contribution in [-0.2, 0) is 11.2 Å². The number of aryl methyl sites for hydroxylation is 1. The summed E-state index contributed by atoms with van der Waals surface area (Å²) in [5.74, 6) is 0.155. The summed E-state index contributed by atoms with van der Waals surface area (Å²) in [6.45, 7) is 4.07. The van der Waals surface area contributed by atoms with Crippen LogP contribution in [0.5, 0.6) is 5.75 Å². The highest BCUT2D eigenvalue weighted by Crippen LogP contribution is 2.24. The molecular weight excluding hydrogens is 204 g/mol. The fraction of sp³-hybridized carbons (Fsp3) is 0.462. The van der Waals surface area contributed by atoms with Gasteiger partial charge in [-0.25, -0.2) is 0 Å². The quantitative estimate of drug-likeness (QED) is 0.833. The summed E-state index contributed by atoms with van der Waals surface area (Å²) < 4.78 is 5.23. The van der Waals surface area contributed by atoms with E-state index in [1.807, 2.05) is 26.0 Å². The molecule has 88 valence electrons. The van der Waals surface area contributed by atoms with E-state index in [2.05, 4.69) is 0 Å². The lowest BCUT2D eigenvalue weighted by molar-refractivity contribution is -0.137. The van der Waals surface area contributed by atoms with Gasteiger partial charge in [0.25, 0.3) is 0 Å². The fourth-order valence-electron chi connectivity index (χ4n) is 1.77. The highest BCUT2D eigenvalue weighted by molar-refractivity contribution is 5.66. The minimum absolute atomic E-state index is 0.227. The zero-order valence-electron chi connectivity index (χ0n) is 10.0. The van der Waals surface area contributed by atoms with E-state index in [9.17, 15) is 4.79 Å². The van der Waals surface area contributed by atoms with Crippen molar-refractivity contribution in [3.63, 3.8) is 0 Å². The lowest BCUT2D eigenvalue weighted by atomic mass is 9.98. The lowest BCUT2D eigenvalue weighted by Crippen LogP contribution is -1.99. The minimum atomic E-state index is -0.733. The Balaban J connectivity index is 2.74. The van der Waals surface area contributed by atoms with E-state index in [0.717, 1.165) is 17.7 Å². The summed E-state index contributed by atoms with van der Waals surface area (Å²) in [7, 11) is 1.66. The summed E-state index contributed by atoms with van der Waals surface area (Å²) in [5, 5.41) is 8.58. The second kappa shape index (κ2) is 5.54. The van der Waals surface area contributed by atoms with Gasteiger partial charge in [-0.1, -0.05) is 6.07 Å². The number of hydrogen-bond donors (Lipinski definition) is 1. The Bertz CT molecular complexity index is 383. The van der Waals surface area contributed by atoms with Crippen LogP contribution in [0.15, 0.2) is 12.1 Å². The predicted molar refractivity (Wildman–Crippen MR) is 63.0 cm³/mol. The Hall–Kier alpha value is -1.51. The van der Waals surface area contributed by atoms with Gasteiger partial charge in [0.2, 0.25) is 0 Å².